The first-order valence-corrected chi connectivity index (χ1v) is 9.51. The lowest BCUT2D eigenvalue weighted by Gasteiger charge is -2.05. The number of hydrogen-bond donors (Lipinski definition) is 1. The molecule has 0 bridgehead atoms. The third-order valence-electron chi connectivity index (χ3n) is 4.04. The van der Waals surface area contributed by atoms with Crippen molar-refractivity contribution in [1.82, 2.24) is 24.6 Å². The molecule has 1 N–H and O–H groups in total. The summed E-state index contributed by atoms with van der Waals surface area (Å²) >= 11 is 7.61. The predicted octanol–water partition coefficient (Wildman–Crippen LogP) is 4.82. The SMILES string of the molecule is CCc1nc(Cl)cc(Nc2nc3scc(-c4ccc(C)cc4C)n3n2)n1. The smallest absolute Gasteiger partial charge is 0.249 e. The molecular formula is C18H17ClN6S. The second-order valence-corrected chi connectivity index (χ2v) is 7.26. The lowest BCUT2D eigenvalue weighted by atomic mass is 10.0. The topological polar surface area (TPSA) is 68.0 Å². The Morgan fingerprint density at radius 1 is 1.15 bits per heavy atom. The molecule has 0 saturated carbocycles. The van der Waals surface area contributed by atoms with E-state index >= 15 is 0 Å². The summed E-state index contributed by atoms with van der Waals surface area (Å²) in [5.74, 6) is 1.75. The maximum Gasteiger partial charge on any atom is 0.249 e. The molecule has 6 nitrogen and oxygen atoms in total. The average Bonchev–Trinajstić information content (AvgIpc) is 3.15. The molecule has 0 amide bonds. The van der Waals surface area contributed by atoms with Crippen molar-refractivity contribution in [2.24, 2.45) is 0 Å². The summed E-state index contributed by atoms with van der Waals surface area (Å²) in [4.78, 5) is 13.9. The molecule has 8 heteroatoms. The Balaban J connectivity index is 1.71. The number of aromatic nitrogens is 5. The van der Waals surface area contributed by atoms with Crippen molar-refractivity contribution in [1.29, 1.82) is 0 Å². The third-order valence-corrected chi connectivity index (χ3v) is 5.05. The summed E-state index contributed by atoms with van der Waals surface area (Å²) in [5, 5.41) is 10.2. The first-order chi connectivity index (χ1) is 12.5. The van der Waals surface area contributed by atoms with Gasteiger partial charge in [-0.2, -0.15) is 4.98 Å². The molecule has 3 aromatic heterocycles. The fraction of sp³-hybridized carbons (Fsp3) is 0.222. The van der Waals surface area contributed by atoms with Gasteiger partial charge in [0.05, 0.1) is 5.69 Å². The van der Waals surface area contributed by atoms with E-state index in [2.05, 4.69) is 62.8 Å². The number of anilines is 2. The van der Waals surface area contributed by atoms with E-state index in [0.717, 1.165) is 16.2 Å². The van der Waals surface area contributed by atoms with Crippen molar-refractivity contribution in [2.75, 3.05) is 5.32 Å². The van der Waals surface area contributed by atoms with E-state index < -0.39 is 0 Å². The number of nitrogens with one attached hydrogen (secondary N) is 1. The minimum Gasteiger partial charge on any atom is -0.307 e. The largest absolute Gasteiger partial charge is 0.307 e. The Labute approximate surface area is 159 Å². The fourth-order valence-corrected chi connectivity index (χ4v) is 3.85. The van der Waals surface area contributed by atoms with Crippen LogP contribution in [0.15, 0.2) is 29.6 Å². The van der Waals surface area contributed by atoms with Gasteiger partial charge in [-0.15, -0.1) is 16.4 Å². The minimum absolute atomic E-state index is 0.399. The average molecular weight is 385 g/mol. The summed E-state index contributed by atoms with van der Waals surface area (Å²) in [6.07, 6.45) is 0.706. The highest BCUT2D eigenvalue weighted by atomic mass is 35.5. The fourth-order valence-electron chi connectivity index (χ4n) is 2.82. The van der Waals surface area contributed by atoms with Crippen LogP contribution < -0.4 is 5.32 Å². The zero-order chi connectivity index (χ0) is 18.3. The van der Waals surface area contributed by atoms with Crippen molar-refractivity contribution in [3.8, 4) is 11.3 Å². The van der Waals surface area contributed by atoms with Crippen LogP contribution in [0.3, 0.4) is 0 Å². The van der Waals surface area contributed by atoms with Crippen molar-refractivity contribution in [3.05, 3.63) is 51.7 Å². The molecule has 0 fully saturated rings. The molecule has 4 aromatic rings. The van der Waals surface area contributed by atoms with Crippen LogP contribution in [0.5, 0.6) is 0 Å². The van der Waals surface area contributed by atoms with Gasteiger partial charge in [0.15, 0.2) is 0 Å². The number of hydrogen-bond acceptors (Lipinski definition) is 6. The van der Waals surface area contributed by atoms with E-state index in [1.165, 1.54) is 11.1 Å². The molecule has 132 valence electrons. The van der Waals surface area contributed by atoms with Crippen LogP contribution >= 0.6 is 22.9 Å². The van der Waals surface area contributed by atoms with E-state index in [1.807, 2.05) is 11.4 Å². The van der Waals surface area contributed by atoms with Gasteiger partial charge in [-0.05, 0) is 19.4 Å². The van der Waals surface area contributed by atoms with Crippen LogP contribution in [-0.4, -0.2) is 24.6 Å². The number of fused-ring (bicyclic) bond motifs is 1. The number of thiazole rings is 1. The second kappa shape index (κ2) is 6.66. The molecule has 0 aliphatic rings. The maximum atomic E-state index is 6.05. The van der Waals surface area contributed by atoms with Crippen LogP contribution in [-0.2, 0) is 6.42 Å². The van der Waals surface area contributed by atoms with Gasteiger partial charge < -0.3 is 5.32 Å². The van der Waals surface area contributed by atoms with E-state index in [9.17, 15) is 0 Å². The molecule has 0 aliphatic carbocycles. The molecule has 26 heavy (non-hydrogen) atoms. The van der Waals surface area contributed by atoms with Crippen LogP contribution in [0.4, 0.5) is 11.8 Å². The molecule has 0 unspecified atom stereocenters. The van der Waals surface area contributed by atoms with Gasteiger partial charge in [0.2, 0.25) is 10.9 Å². The van der Waals surface area contributed by atoms with Crippen molar-refractivity contribution >= 4 is 39.7 Å². The molecule has 0 spiro atoms. The van der Waals surface area contributed by atoms with Crippen LogP contribution in [0.25, 0.3) is 16.2 Å². The number of rotatable bonds is 4. The van der Waals surface area contributed by atoms with Crippen molar-refractivity contribution < 1.29 is 0 Å². The molecular weight excluding hydrogens is 368 g/mol. The monoisotopic (exact) mass is 384 g/mol. The molecule has 0 atom stereocenters. The minimum atomic E-state index is 0.399. The predicted molar refractivity (Wildman–Crippen MR) is 105 cm³/mol. The van der Waals surface area contributed by atoms with Gasteiger partial charge >= 0.3 is 0 Å². The number of halogens is 1. The zero-order valence-corrected chi connectivity index (χ0v) is 16.2. The van der Waals surface area contributed by atoms with Gasteiger partial charge in [0, 0.05) is 23.4 Å². The van der Waals surface area contributed by atoms with E-state index in [4.69, 9.17) is 11.6 Å². The lowest BCUT2D eigenvalue weighted by molar-refractivity contribution is 0.938. The normalized spacial score (nSPS) is 11.2. The standard InChI is InChI=1S/C18H17ClN6S/c1-4-15-20-14(19)8-16(21-15)22-17-23-18-25(24-17)13(9-26-18)12-6-5-10(2)7-11(12)3/h5-9H,4H2,1-3H3,(H,20,21,22,24). The van der Waals surface area contributed by atoms with Gasteiger partial charge in [-0.25, -0.2) is 14.5 Å². The molecule has 0 aliphatic heterocycles. The summed E-state index contributed by atoms with van der Waals surface area (Å²) in [7, 11) is 0. The quantitative estimate of drug-likeness (QED) is 0.510. The molecule has 0 radical (unpaired) electrons. The summed E-state index contributed by atoms with van der Waals surface area (Å²) in [5.41, 5.74) is 4.63. The highest BCUT2D eigenvalue weighted by molar-refractivity contribution is 7.15. The highest BCUT2D eigenvalue weighted by Crippen LogP contribution is 2.29. The summed E-state index contributed by atoms with van der Waals surface area (Å²) < 4.78 is 1.86. The van der Waals surface area contributed by atoms with E-state index in [-0.39, 0.29) is 0 Å². The Hall–Kier alpha value is -2.51. The Kier molecular flexibility index (Phi) is 4.34. The van der Waals surface area contributed by atoms with Crippen LogP contribution in [0.1, 0.15) is 23.9 Å². The van der Waals surface area contributed by atoms with Gasteiger partial charge in [-0.3, -0.25) is 0 Å². The summed E-state index contributed by atoms with van der Waals surface area (Å²) in [6, 6.07) is 8.07. The second-order valence-electron chi connectivity index (χ2n) is 6.04. The summed E-state index contributed by atoms with van der Waals surface area (Å²) in [6.45, 7) is 6.18. The van der Waals surface area contributed by atoms with Crippen molar-refractivity contribution in [3.63, 3.8) is 0 Å². The van der Waals surface area contributed by atoms with Gasteiger partial charge in [0.25, 0.3) is 0 Å². The lowest BCUT2D eigenvalue weighted by Crippen LogP contribution is -2.01. The van der Waals surface area contributed by atoms with Gasteiger partial charge in [-0.1, -0.05) is 42.3 Å². The Morgan fingerprint density at radius 3 is 2.77 bits per heavy atom. The Bertz CT molecular complexity index is 1100. The first-order valence-electron chi connectivity index (χ1n) is 8.26. The number of aryl methyl sites for hydroxylation is 3. The van der Waals surface area contributed by atoms with Crippen LogP contribution in [0.2, 0.25) is 5.15 Å². The zero-order valence-electron chi connectivity index (χ0n) is 14.6. The number of benzene rings is 1. The van der Waals surface area contributed by atoms with Gasteiger partial charge in [0.1, 0.15) is 16.8 Å². The molecule has 4 rings (SSSR count). The van der Waals surface area contributed by atoms with Crippen LogP contribution in [0, 0.1) is 13.8 Å². The third kappa shape index (κ3) is 3.15. The van der Waals surface area contributed by atoms with E-state index in [0.29, 0.717) is 29.2 Å². The maximum absolute atomic E-state index is 6.05. The molecule has 0 saturated heterocycles. The Morgan fingerprint density at radius 2 is 2.00 bits per heavy atom. The van der Waals surface area contributed by atoms with Crippen molar-refractivity contribution in [2.45, 2.75) is 27.2 Å². The number of nitrogens with zero attached hydrogens (tertiary/aromatic N) is 5. The van der Waals surface area contributed by atoms with E-state index in [1.54, 1.807) is 17.4 Å². The highest BCUT2D eigenvalue weighted by Gasteiger charge is 2.14. The molecule has 1 aromatic carbocycles. The first kappa shape index (κ1) is 16.9. The molecule has 3 heterocycles.